The Hall–Kier alpha value is 0.270. The standard InChI is InChI=1S/C7H15O4P/c1-4-6(9-2)7(11-12)5(3-8)10-4/h4-8H,3,12H2,1-2H3. The summed E-state index contributed by atoms with van der Waals surface area (Å²) in [7, 11) is 3.79. The summed E-state index contributed by atoms with van der Waals surface area (Å²) in [5.41, 5.74) is 0. The second kappa shape index (κ2) is 4.49. The zero-order chi connectivity index (χ0) is 9.14. The Morgan fingerprint density at radius 2 is 2.17 bits per heavy atom. The van der Waals surface area contributed by atoms with Crippen LogP contribution < -0.4 is 0 Å². The van der Waals surface area contributed by atoms with Crippen LogP contribution >= 0.6 is 9.47 Å². The highest BCUT2D eigenvalue weighted by Crippen LogP contribution is 2.26. The Kier molecular flexibility index (Phi) is 3.87. The number of hydrogen-bond acceptors (Lipinski definition) is 4. The normalized spacial score (nSPS) is 42.0. The number of hydrogen-bond donors (Lipinski definition) is 1. The molecule has 1 aliphatic rings. The molecule has 1 fully saturated rings. The number of rotatable bonds is 3. The molecule has 1 saturated heterocycles. The summed E-state index contributed by atoms with van der Waals surface area (Å²) < 4.78 is 15.7. The second-order valence-electron chi connectivity index (χ2n) is 2.86. The lowest BCUT2D eigenvalue weighted by molar-refractivity contribution is -0.0110. The Morgan fingerprint density at radius 1 is 1.50 bits per heavy atom. The Morgan fingerprint density at radius 3 is 2.58 bits per heavy atom. The fraction of sp³-hybridized carbons (Fsp3) is 1.00. The van der Waals surface area contributed by atoms with Crippen LogP contribution in [0.5, 0.6) is 0 Å². The van der Waals surface area contributed by atoms with Crippen LogP contribution in [0.1, 0.15) is 6.92 Å². The Balaban J connectivity index is 2.61. The highest BCUT2D eigenvalue weighted by molar-refractivity contribution is 7.09. The highest BCUT2D eigenvalue weighted by Gasteiger charge is 2.42. The van der Waals surface area contributed by atoms with Crippen LogP contribution in [0.25, 0.3) is 0 Å². The van der Waals surface area contributed by atoms with Gasteiger partial charge in [0.05, 0.1) is 12.7 Å². The Labute approximate surface area is 74.5 Å². The van der Waals surface area contributed by atoms with Gasteiger partial charge < -0.3 is 19.1 Å². The fourth-order valence-corrected chi connectivity index (χ4v) is 1.88. The van der Waals surface area contributed by atoms with E-state index in [2.05, 4.69) is 9.47 Å². The van der Waals surface area contributed by atoms with E-state index < -0.39 is 0 Å². The Bertz CT molecular complexity index is 143. The lowest BCUT2D eigenvalue weighted by Gasteiger charge is -2.19. The van der Waals surface area contributed by atoms with Gasteiger partial charge in [-0.2, -0.15) is 0 Å². The molecule has 0 aromatic rings. The SMILES string of the molecule is COC1C(C)OC(CO)C1OP. The van der Waals surface area contributed by atoms with E-state index in [1.54, 1.807) is 7.11 Å². The van der Waals surface area contributed by atoms with Gasteiger partial charge >= 0.3 is 0 Å². The monoisotopic (exact) mass is 194 g/mol. The average molecular weight is 194 g/mol. The van der Waals surface area contributed by atoms with Crippen molar-refractivity contribution in [1.82, 2.24) is 0 Å². The van der Waals surface area contributed by atoms with Gasteiger partial charge in [-0.25, -0.2) is 0 Å². The number of methoxy groups -OCH3 is 1. The number of aliphatic hydroxyl groups is 1. The van der Waals surface area contributed by atoms with Gasteiger partial charge in [0.2, 0.25) is 0 Å². The van der Waals surface area contributed by atoms with Crippen molar-refractivity contribution in [1.29, 1.82) is 0 Å². The van der Waals surface area contributed by atoms with Crippen molar-refractivity contribution in [3.05, 3.63) is 0 Å². The summed E-state index contributed by atoms with van der Waals surface area (Å²) in [6.07, 6.45) is -0.597. The van der Waals surface area contributed by atoms with Gasteiger partial charge in [0.25, 0.3) is 0 Å². The molecule has 1 heterocycles. The maximum Gasteiger partial charge on any atom is 0.118 e. The van der Waals surface area contributed by atoms with Gasteiger partial charge in [-0.1, -0.05) is 0 Å². The van der Waals surface area contributed by atoms with E-state index in [-0.39, 0.29) is 31.0 Å². The first kappa shape index (κ1) is 10.4. The van der Waals surface area contributed by atoms with Gasteiger partial charge in [0, 0.05) is 16.6 Å². The summed E-state index contributed by atoms with van der Waals surface area (Å²) in [6.45, 7) is 1.86. The molecular formula is C7H15O4P. The van der Waals surface area contributed by atoms with Crippen molar-refractivity contribution < 1.29 is 19.1 Å². The molecule has 0 aromatic carbocycles. The van der Waals surface area contributed by atoms with Crippen LogP contribution in [-0.2, 0) is 14.0 Å². The lowest BCUT2D eigenvalue weighted by atomic mass is 10.1. The van der Waals surface area contributed by atoms with E-state index in [9.17, 15) is 0 Å². The van der Waals surface area contributed by atoms with Crippen LogP contribution in [0.2, 0.25) is 0 Å². The first-order chi connectivity index (χ1) is 5.74. The molecule has 1 N–H and O–H groups in total. The van der Waals surface area contributed by atoms with Crippen LogP contribution in [0.4, 0.5) is 0 Å². The third-order valence-corrected chi connectivity index (χ3v) is 2.47. The molecule has 12 heavy (non-hydrogen) atoms. The molecule has 0 saturated carbocycles. The van der Waals surface area contributed by atoms with Crippen LogP contribution in [0.15, 0.2) is 0 Å². The first-order valence-electron chi connectivity index (χ1n) is 3.89. The number of aliphatic hydroxyl groups excluding tert-OH is 1. The molecule has 5 unspecified atom stereocenters. The molecule has 5 heteroatoms. The average Bonchev–Trinajstić information content (AvgIpc) is 2.40. The predicted octanol–water partition coefficient (Wildman–Crippen LogP) is -0.0437. The molecule has 1 rings (SSSR count). The minimum Gasteiger partial charge on any atom is -0.394 e. The highest BCUT2D eigenvalue weighted by atomic mass is 31.0. The van der Waals surface area contributed by atoms with Crippen molar-refractivity contribution in [2.24, 2.45) is 0 Å². The molecule has 0 bridgehead atoms. The molecule has 0 amide bonds. The topological polar surface area (TPSA) is 47.9 Å². The summed E-state index contributed by atoms with van der Waals surface area (Å²) in [6, 6.07) is 0. The molecule has 0 spiro atoms. The third-order valence-electron chi connectivity index (χ3n) is 2.15. The van der Waals surface area contributed by atoms with Gasteiger partial charge in [-0.3, -0.25) is 0 Å². The molecule has 0 radical (unpaired) electrons. The van der Waals surface area contributed by atoms with Crippen molar-refractivity contribution in [3.63, 3.8) is 0 Å². The van der Waals surface area contributed by atoms with E-state index >= 15 is 0 Å². The van der Waals surface area contributed by atoms with Crippen molar-refractivity contribution in [2.45, 2.75) is 31.3 Å². The maximum absolute atomic E-state index is 8.93. The van der Waals surface area contributed by atoms with Gasteiger partial charge in [0.1, 0.15) is 18.3 Å². The minimum absolute atomic E-state index is 0.0299. The van der Waals surface area contributed by atoms with E-state index in [0.717, 1.165) is 0 Å². The van der Waals surface area contributed by atoms with Crippen LogP contribution in [0.3, 0.4) is 0 Å². The van der Waals surface area contributed by atoms with E-state index in [1.807, 2.05) is 6.92 Å². The summed E-state index contributed by atoms with van der Waals surface area (Å²) in [4.78, 5) is 0. The van der Waals surface area contributed by atoms with Crippen LogP contribution in [0, 0.1) is 0 Å². The van der Waals surface area contributed by atoms with E-state index in [0.29, 0.717) is 0 Å². The minimum atomic E-state index is -0.276. The zero-order valence-corrected chi connectivity index (χ0v) is 8.42. The number of ether oxygens (including phenoxy) is 2. The van der Waals surface area contributed by atoms with Crippen molar-refractivity contribution in [3.8, 4) is 0 Å². The van der Waals surface area contributed by atoms with Crippen molar-refractivity contribution >= 4 is 9.47 Å². The second-order valence-corrected chi connectivity index (χ2v) is 3.14. The van der Waals surface area contributed by atoms with Gasteiger partial charge in [0.15, 0.2) is 0 Å². The molecule has 0 aromatic heterocycles. The zero-order valence-electron chi connectivity index (χ0n) is 7.27. The molecule has 72 valence electrons. The largest absolute Gasteiger partial charge is 0.394 e. The lowest BCUT2D eigenvalue weighted by Crippen LogP contribution is -2.35. The summed E-state index contributed by atoms with van der Waals surface area (Å²) in [5.74, 6) is 0. The summed E-state index contributed by atoms with van der Waals surface area (Å²) >= 11 is 0. The van der Waals surface area contributed by atoms with Gasteiger partial charge in [-0.05, 0) is 6.92 Å². The third kappa shape index (κ3) is 1.78. The van der Waals surface area contributed by atoms with Crippen LogP contribution in [-0.4, -0.2) is 43.2 Å². The van der Waals surface area contributed by atoms with Gasteiger partial charge in [-0.15, -0.1) is 0 Å². The predicted molar refractivity (Wildman–Crippen MR) is 46.8 cm³/mol. The first-order valence-corrected chi connectivity index (χ1v) is 4.36. The molecular weight excluding hydrogens is 179 g/mol. The fourth-order valence-electron chi connectivity index (χ4n) is 1.55. The van der Waals surface area contributed by atoms with E-state index in [4.69, 9.17) is 19.1 Å². The molecule has 1 aliphatic heterocycles. The molecule has 4 nitrogen and oxygen atoms in total. The van der Waals surface area contributed by atoms with Crippen molar-refractivity contribution in [2.75, 3.05) is 13.7 Å². The maximum atomic E-state index is 8.93. The smallest absolute Gasteiger partial charge is 0.118 e. The quantitative estimate of drug-likeness (QED) is 0.640. The molecule has 0 aliphatic carbocycles. The molecule has 5 atom stereocenters. The van der Waals surface area contributed by atoms with E-state index in [1.165, 1.54) is 0 Å². The summed E-state index contributed by atoms with van der Waals surface area (Å²) in [5, 5.41) is 8.93.